The summed E-state index contributed by atoms with van der Waals surface area (Å²) in [5.41, 5.74) is 0. The first kappa shape index (κ1) is 11.1. The van der Waals surface area contributed by atoms with E-state index in [1.165, 1.54) is 0 Å². The maximum absolute atomic E-state index is 13.6. The van der Waals surface area contributed by atoms with E-state index in [1.807, 2.05) is 20.8 Å². The average molecular weight is 178 g/mol. The van der Waals surface area contributed by atoms with Crippen molar-refractivity contribution in [3.63, 3.8) is 0 Å². The predicted octanol–water partition coefficient (Wildman–Crippen LogP) is 2.98. The van der Waals surface area contributed by atoms with Crippen LogP contribution in [0.5, 0.6) is 0 Å². The topological polar surface area (TPSA) is 9.23 Å². The fraction of sp³-hybridized carbons (Fsp3) is 1.00. The van der Waals surface area contributed by atoms with Crippen LogP contribution < -0.4 is 0 Å². The van der Waals surface area contributed by atoms with Gasteiger partial charge in [0.05, 0.1) is 0 Å². The molecule has 0 bridgehead atoms. The van der Waals surface area contributed by atoms with Gasteiger partial charge in [0, 0.05) is 13.2 Å². The molecule has 0 aromatic carbocycles. The number of rotatable bonds is 6. The van der Waals surface area contributed by atoms with Crippen molar-refractivity contribution in [2.45, 2.75) is 38.9 Å². The monoisotopic (exact) mass is 178 g/mol. The highest BCUT2D eigenvalue weighted by molar-refractivity contribution is 6.73. The van der Waals surface area contributed by atoms with Gasteiger partial charge >= 0.3 is 0 Å². The molecule has 0 saturated carbocycles. The van der Waals surface area contributed by atoms with Gasteiger partial charge in [-0.2, -0.15) is 0 Å². The molecule has 0 aliphatic carbocycles. The molecule has 3 heteroatoms. The first-order valence-corrected chi connectivity index (χ1v) is 6.95. The summed E-state index contributed by atoms with van der Waals surface area (Å²) in [5.74, 6) is 0. The lowest BCUT2D eigenvalue weighted by molar-refractivity contribution is 0.159. The highest BCUT2D eigenvalue weighted by Crippen LogP contribution is 2.21. The highest BCUT2D eigenvalue weighted by Gasteiger charge is 2.28. The number of hydrogen-bond donors (Lipinski definition) is 0. The smallest absolute Gasteiger partial charge is 0.248 e. The molecule has 0 rings (SSSR count). The number of hydrogen-bond acceptors (Lipinski definition) is 1. The molecule has 0 fully saturated rings. The van der Waals surface area contributed by atoms with Crippen LogP contribution in [0.2, 0.25) is 18.1 Å². The van der Waals surface area contributed by atoms with E-state index in [4.69, 9.17) is 4.74 Å². The van der Waals surface area contributed by atoms with Gasteiger partial charge in [-0.25, -0.2) is 0 Å². The Morgan fingerprint density at radius 1 is 1.18 bits per heavy atom. The summed E-state index contributed by atoms with van der Waals surface area (Å²) in [4.78, 5) is 0. The summed E-state index contributed by atoms with van der Waals surface area (Å²) in [6.45, 7) is 7.15. The third-order valence-electron chi connectivity index (χ3n) is 2.17. The van der Waals surface area contributed by atoms with E-state index in [1.54, 1.807) is 0 Å². The van der Waals surface area contributed by atoms with Crippen LogP contribution in [0, 0.1) is 0 Å². The van der Waals surface area contributed by atoms with Crippen LogP contribution in [-0.2, 0) is 4.74 Å². The van der Waals surface area contributed by atoms with E-state index in [2.05, 4.69) is 0 Å². The minimum atomic E-state index is -2.36. The van der Waals surface area contributed by atoms with Crippen LogP contribution in [0.1, 0.15) is 20.8 Å². The van der Waals surface area contributed by atoms with E-state index in [9.17, 15) is 4.11 Å². The van der Waals surface area contributed by atoms with Crippen molar-refractivity contribution in [1.29, 1.82) is 0 Å². The van der Waals surface area contributed by atoms with Gasteiger partial charge in [0.15, 0.2) is 0 Å². The molecule has 0 amide bonds. The molecule has 0 aromatic heterocycles. The number of ether oxygens (including phenoxy) is 1. The van der Waals surface area contributed by atoms with Crippen molar-refractivity contribution in [3.05, 3.63) is 0 Å². The third-order valence-corrected chi connectivity index (χ3v) is 5.80. The van der Waals surface area contributed by atoms with E-state index < -0.39 is 8.41 Å². The maximum atomic E-state index is 13.6. The van der Waals surface area contributed by atoms with Crippen molar-refractivity contribution in [2.24, 2.45) is 0 Å². The van der Waals surface area contributed by atoms with E-state index >= 15 is 0 Å². The normalized spacial score (nSPS) is 12.0. The van der Waals surface area contributed by atoms with Crippen molar-refractivity contribution in [3.8, 4) is 0 Å². The zero-order valence-corrected chi connectivity index (χ0v) is 8.82. The lowest BCUT2D eigenvalue weighted by Gasteiger charge is -2.17. The molecule has 0 atom stereocenters. The molecule has 11 heavy (non-hydrogen) atoms. The number of halogens is 1. The molecule has 0 unspecified atom stereocenters. The van der Waals surface area contributed by atoms with Gasteiger partial charge in [0.25, 0.3) is 0 Å². The Labute approximate surface area is 70.1 Å². The Bertz CT molecular complexity index is 94.1. The molecule has 0 spiro atoms. The Morgan fingerprint density at radius 3 is 2.09 bits per heavy atom. The first-order chi connectivity index (χ1) is 5.18. The molecule has 0 aliphatic rings. The summed E-state index contributed by atoms with van der Waals surface area (Å²) in [5, 5.41) is 0. The molecule has 0 aromatic rings. The quantitative estimate of drug-likeness (QED) is 0.345. The zero-order valence-electron chi connectivity index (χ0n) is 7.82. The largest absolute Gasteiger partial charge is 0.382 e. The van der Waals surface area contributed by atoms with Gasteiger partial charge in [-0.05, 0) is 25.1 Å². The molecule has 0 radical (unpaired) electrons. The van der Waals surface area contributed by atoms with Crippen LogP contribution in [0.4, 0.5) is 4.11 Å². The Kier molecular flexibility index (Phi) is 5.77. The van der Waals surface area contributed by atoms with E-state index in [0.29, 0.717) is 19.3 Å². The van der Waals surface area contributed by atoms with Crippen LogP contribution in [0.15, 0.2) is 0 Å². The molecule has 0 saturated heterocycles. The van der Waals surface area contributed by atoms with Crippen molar-refractivity contribution >= 4 is 8.41 Å². The molecule has 1 nitrogen and oxygen atoms in total. The van der Waals surface area contributed by atoms with Gasteiger partial charge in [-0.15, -0.1) is 0 Å². The zero-order chi connectivity index (χ0) is 8.74. The standard InChI is InChI=1S/C8H19FOSi/c1-4-10-7-8-11(9,5-2)6-3/h4-8H2,1-3H3. The SMILES string of the molecule is CCOCC[Si](F)(CC)CC. The van der Waals surface area contributed by atoms with Gasteiger partial charge in [-0.1, -0.05) is 13.8 Å². The fourth-order valence-corrected chi connectivity index (χ4v) is 2.72. The van der Waals surface area contributed by atoms with Crippen molar-refractivity contribution in [1.82, 2.24) is 0 Å². The lowest BCUT2D eigenvalue weighted by atomic mass is 10.8. The van der Waals surface area contributed by atoms with Crippen molar-refractivity contribution in [2.75, 3.05) is 13.2 Å². The first-order valence-electron chi connectivity index (χ1n) is 4.45. The van der Waals surface area contributed by atoms with Crippen LogP contribution in [0.25, 0.3) is 0 Å². The van der Waals surface area contributed by atoms with E-state index in [0.717, 1.165) is 12.1 Å². The van der Waals surface area contributed by atoms with Gasteiger partial charge in [0.2, 0.25) is 8.41 Å². The van der Waals surface area contributed by atoms with Crippen molar-refractivity contribution < 1.29 is 8.84 Å². The molecule has 0 N–H and O–H groups in total. The predicted molar refractivity (Wildman–Crippen MR) is 49.1 cm³/mol. The Hall–Kier alpha value is 0.107. The summed E-state index contributed by atoms with van der Waals surface area (Å²) < 4.78 is 18.8. The molecule has 0 aliphatic heterocycles. The maximum Gasteiger partial charge on any atom is 0.248 e. The van der Waals surface area contributed by atoms with Crippen LogP contribution in [-0.4, -0.2) is 21.6 Å². The molecule has 0 heterocycles. The molecule has 68 valence electrons. The molecular weight excluding hydrogens is 159 g/mol. The third kappa shape index (κ3) is 4.53. The second kappa shape index (κ2) is 5.72. The Morgan fingerprint density at radius 2 is 1.73 bits per heavy atom. The lowest BCUT2D eigenvalue weighted by Crippen LogP contribution is -2.27. The van der Waals surface area contributed by atoms with Crippen LogP contribution >= 0.6 is 0 Å². The Balaban J connectivity index is 3.51. The van der Waals surface area contributed by atoms with E-state index in [-0.39, 0.29) is 0 Å². The van der Waals surface area contributed by atoms with Gasteiger partial charge < -0.3 is 8.84 Å². The average Bonchev–Trinajstić information content (AvgIpc) is 2.05. The molecular formula is C8H19FOSi. The minimum absolute atomic E-state index is 0.612. The fourth-order valence-electron chi connectivity index (χ4n) is 1.00. The van der Waals surface area contributed by atoms with Gasteiger partial charge in [0.1, 0.15) is 0 Å². The van der Waals surface area contributed by atoms with Crippen LogP contribution in [0.3, 0.4) is 0 Å². The summed E-state index contributed by atoms with van der Waals surface area (Å²) >= 11 is 0. The summed E-state index contributed by atoms with van der Waals surface area (Å²) in [6, 6.07) is 2.14. The highest BCUT2D eigenvalue weighted by atomic mass is 28.4. The second-order valence-corrected chi connectivity index (χ2v) is 7.02. The second-order valence-electron chi connectivity index (χ2n) is 2.80. The summed E-state index contributed by atoms with van der Waals surface area (Å²) in [7, 11) is -2.36. The summed E-state index contributed by atoms with van der Waals surface area (Å²) in [6.07, 6.45) is 0. The van der Waals surface area contributed by atoms with Gasteiger partial charge in [-0.3, -0.25) is 0 Å². The minimum Gasteiger partial charge on any atom is -0.382 e.